The number of carbonyl (C=O) groups is 2. The molecule has 52 heavy (non-hydrogen) atoms. The summed E-state index contributed by atoms with van der Waals surface area (Å²) in [5.41, 5.74) is 2.24. The summed E-state index contributed by atoms with van der Waals surface area (Å²) in [5.74, 6) is -2.21. The minimum atomic E-state index is -1.77. The summed E-state index contributed by atoms with van der Waals surface area (Å²) in [4.78, 5) is 25.6. The number of ether oxygens (including phenoxy) is 5. The average Bonchev–Trinajstić information content (AvgIpc) is 3.45. The molecule has 0 radical (unpaired) electrons. The monoisotopic (exact) mass is 719 g/mol. The fraction of sp³-hybridized carbons (Fsp3) is 0.619. The minimum absolute atomic E-state index is 0.0428. The molecule has 1 aromatic rings. The van der Waals surface area contributed by atoms with Crippen molar-refractivity contribution in [1.29, 1.82) is 0 Å². The molecule has 1 aliphatic carbocycles. The van der Waals surface area contributed by atoms with Gasteiger partial charge >= 0.3 is 5.97 Å². The quantitative estimate of drug-likeness (QED) is 0.235. The van der Waals surface area contributed by atoms with Gasteiger partial charge in [-0.15, -0.1) is 0 Å². The molecule has 1 aromatic carbocycles. The number of fused-ring (bicyclic) bond motifs is 2. The van der Waals surface area contributed by atoms with E-state index in [4.69, 9.17) is 23.7 Å². The van der Waals surface area contributed by atoms with Crippen LogP contribution in [0.4, 0.5) is 5.69 Å². The molecular formula is C42H57NO9. The molecule has 6 rings (SSSR count). The minimum Gasteiger partial charge on any atom is -0.462 e. The van der Waals surface area contributed by atoms with Crippen LogP contribution in [0.1, 0.15) is 85.6 Å². The first-order chi connectivity index (χ1) is 24.8. The van der Waals surface area contributed by atoms with Gasteiger partial charge in [0.25, 0.3) is 0 Å². The van der Waals surface area contributed by atoms with E-state index in [1.807, 2.05) is 36.4 Å². The maximum atomic E-state index is 14.1. The van der Waals surface area contributed by atoms with Gasteiger partial charge in [0.2, 0.25) is 5.91 Å². The van der Waals surface area contributed by atoms with E-state index in [1.165, 1.54) is 6.92 Å². The molecule has 10 nitrogen and oxygen atoms in total. The van der Waals surface area contributed by atoms with Crippen LogP contribution in [0.2, 0.25) is 0 Å². The van der Waals surface area contributed by atoms with Gasteiger partial charge < -0.3 is 39.2 Å². The molecule has 3 N–H and O–H groups in total. The van der Waals surface area contributed by atoms with Gasteiger partial charge in [-0.25, -0.2) is 0 Å². The van der Waals surface area contributed by atoms with Crippen molar-refractivity contribution < 1.29 is 43.5 Å². The lowest BCUT2D eigenvalue weighted by Crippen LogP contribution is -2.58. The highest BCUT2D eigenvalue weighted by atomic mass is 16.7. The SMILES string of the molecule is CC[C@H]1O[C@]2(CC[C@@H]1C)C[C@@H]1C[C@@H](C/C=C(\C)[C@H](OCCc3ccc(NC(C)=O)cc3)[C@@H](C)/C=C/C=C3\CO[C@H]4[C@H](O)C(C)=C[C@@H](C(=O)O1)[C@]34O)O2. The molecule has 0 aromatic heterocycles. The summed E-state index contributed by atoms with van der Waals surface area (Å²) in [5, 5.41) is 26.2. The van der Waals surface area contributed by atoms with Gasteiger partial charge in [-0.3, -0.25) is 9.59 Å². The molecule has 0 saturated carbocycles. The summed E-state index contributed by atoms with van der Waals surface area (Å²) in [6.07, 6.45) is 11.3. The summed E-state index contributed by atoms with van der Waals surface area (Å²) in [7, 11) is 0. The lowest BCUT2D eigenvalue weighted by Gasteiger charge is -2.50. The van der Waals surface area contributed by atoms with E-state index in [9.17, 15) is 19.8 Å². The smallest absolute Gasteiger partial charge is 0.316 e. The predicted octanol–water partition coefficient (Wildman–Crippen LogP) is 6.12. The van der Waals surface area contributed by atoms with Crippen molar-refractivity contribution in [3.63, 3.8) is 0 Å². The number of anilines is 1. The van der Waals surface area contributed by atoms with Gasteiger partial charge in [0.05, 0.1) is 31.5 Å². The summed E-state index contributed by atoms with van der Waals surface area (Å²) < 4.78 is 32.5. The fourth-order valence-electron chi connectivity index (χ4n) is 8.71. The Bertz CT molecular complexity index is 1580. The Balaban J connectivity index is 1.31. The van der Waals surface area contributed by atoms with Crippen molar-refractivity contribution in [2.24, 2.45) is 17.8 Å². The summed E-state index contributed by atoms with van der Waals surface area (Å²) in [6, 6.07) is 7.78. The number of carbonyl (C=O) groups excluding carboxylic acids is 2. The van der Waals surface area contributed by atoms with E-state index in [1.54, 1.807) is 19.1 Å². The Kier molecular flexibility index (Phi) is 11.9. The maximum Gasteiger partial charge on any atom is 0.316 e. The number of aliphatic hydroxyl groups excluding tert-OH is 1. The van der Waals surface area contributed by atoms with Gasteiger partial charge in [0, 0.05) is 37.8 Å². The molecule has 4 aliphatic heterocycles. The third-order valence-electron chi connectivity index (χ3n) is 11.7. The van der Waals surface area contributed by atoms with E-state index >= 15 is 0 Å². The van der Waals surface area contributed by atoms with E-state index in [0.717, 1.165) is 29.7 Å². The molecule has 11 atom stereocenters. The van der Waals surface area contributed by atoms with Gasteiger partial charge in [0.15, 0.2) is 5.79 Å². The van der Waals surface area contributed by atoms with E-state index < -0.39 is 41.6 Å². The van der Waals surface area contributed by atoms with Crippen LogP contribution < -0.4 is 5.32 Å². The normalized spacial score (nSPS) is 40.7. The summed E-state index contributed by atoms with van der Waals surface area (Å²) in [6.45, 7) is 12.3. The second-order valence-corrected chi connectivity index (χ2v) is 15.7. The highest BCUT2D eigenvalue weighted by Gasteiger charge is 2.60. The largest absolute Gasteiger partial charge is 0.462 e. The number of amides is 1. The molecule has 10 heteroatoms. The third kappa shape index (κ3) is 8.17. The van der Waals surface area contributed by atoms with Crippen LogP contribution in [-0.2, 0) is 39.7 Å². The molecule has 1 spiro atoms. The molecule has 3 fully saturated rings. The number of nitrogens with one attached hydrogen (secondary N) is 1. The fourth-order valence-corrected chi connectivity index (χ4v) is 8.71. The Morgan fingerprint density at radius 3 is 2.60 bits per heavy atom. The first-order valence-electron chi connectivity index (χ1n) is 19.1. The van der Waals surface area contributed by atoms with Crippen LogP contribution in [0, 0.1) is 17.8 Å². The van der Waals surface area contributed by atoms with Crippen molar-refractivity contribution in [3.8, 4) is 0 Å². The molecule has 2 bridgehead atoms. The number of hydrogen-bond acceptors (Lipinski definition) is 9. The molecule has 284 valence electrons. The zero-order valence-corrected chi connectivity index (χ0v) is 31.5. The summed E-state index contributed by atoms with van der Waals surface area (Å²) >= 11 is 0. The molecule has 0 unspecified atom stereocenters. The zero-order valence-electron chi connectivity index (χ0n) is 31.5. The molecule has 1 amide bonds. The second kappa shape index (κ2) is 16.1. The topological polar surface area (TPSA) is 133 Å². The van der Waals surface area contributed by atoms with Crippen molar-refractivity contribution in [1.82, 2.24) is 0 Å². The van der Waals surface area contributed by atoms with Gasteiger partial charge in [0.1, 0.15) is 29.8 Å². The Hall–Kier alpha value is -3.12. The average molecular weight is 720 g/mol. The number of aliphatic hydroxyl groups is 2. The zero-order chi connectivity index (χ0) is 37.2. The number of hydrogen-bond donors (Lipinski definition) is 3. The van der Waals surface area contributed by atoms with E-state index in [0.29, 0.717) is 55.8 Å². The van der Waals surface area contributed by atoms with E-state index in [2.05, 4.69) is 39.1 Å². The first-order valence-corrected chi connectivity index (χ1v) is 19.1. The number of allylic oxidation sites excluding steroid dienone is 2. The van der Waals surface area contributed by atoms with Crippen molar-refractivity contribution in [2.75, 3.05) is 18.5 Å². The third-order valence-corrected chi connectivity index (χ3v) is 11.7. The first kappa shape index (κ1) is 38.6. The van der Waals surface area contributed by atoms with Gasteiger partial charge in [-0.05, 0) is 79.9 Å². The highest BCUT2D eigenvalue weighted by molar-refractivity contribution is 5.88. The van der Waals surface area contributed by atoms with Crippen LogP contribution in [0.5, 0.6) is 0 Å². The van der Waals surface area contributed by atoms with Gasteiger partial charge in [-0.1, -0.05) is 63.3 Å². The van der Waals surface area contributed by atoms with E-state index in [-0.39, 0.29) is 36.7 Å². The predicted molar refractivity (Wildman–Crippen MR) is 197 cm³/mol. The van der Waals surface area contributed by atoms with Crippen LogP contribution in [0.25, 0.3) is 0 Å². The number of benzene rings is 1. The lowest BCUT2D eigenvalue weighted by molar-refractivity contribution is -0.335. The maximum absolute atomic E-state index is 14.1. The Morgan fingerprint density at radius 2 is 1.87 bits per heavy atom. The van der Waals surface area contributed by atoms with Crippen molar-refractivity contribution in [3.05, 3.63) is 76.9 Å². The lowest BCUT2D eigenvalue weighted by atomic mass is 9.71. The van der Waals surface area contributed by atoms with Crippen LogP contribution in [-0.4, -0.2) is 83.3 Å². The molecule has 3 saturated heterocycles. The van der Waals surface area contributed by atoms with Crippen LogP contribution >= 0.6 is 0 Å². The highest BCUT2D eigenvalue weighted by Crippen LogP contribution is 2.47. The number of esters is 1. The molecule has 5 aliphatic rings. The molecule has 4 heterocycles. The number of rotatable bonds is 6. The van der Waals surface area contributed by atoms with Crippen molar-refractivity contribution in [2.45, 2.75) is 135 Å². The van der Waals surface area contributed by atoms with Gasteiger partial charge in [-0.2, -0.15) is 0 Å². The standard InChI is InChI=1S/C42H57NO9/c1-7-36-25(2)17-19-41(52-36)23-34-22-33(51-41)16-11-27(4)38(48-20-18-30-12-14-32(15-13-30)43-29(6)44)26(3)9-8-10-31-24-49-39-37(45)28(5)21-35(40(46)50-34)42(31,39)47/h8-15,21,25-26,33-39,45,47H,7,16-20,22-24H2,1-6H3,(H,43,44)/b9-8+,27-11+,31-10+/t25-,26-,33+,34-,35-,36+,37+,38+,39-,41+,42+/m0/s1. The Labute approximate surface area is 308 Å². The van der Waals surface area contributed by atoms with Crippen LogP contribution in [0.3, 0.4) is 0 Å². The molecular weight excluding hydrogens is 662 g/mol. The second-order valence-electron chi connectivity index (χ2n) is 15.7. The Morgan fingerprint density at radius 1 is 1.10 bits per heavy atom. The van der Waals surface area contributed by atoms with Crippen LogP contribution in [0.15, 0.2) is 71.4 Å². The van der Waals surface area contributed by atoms with Crippen molar-refractivity contribution >= 4 is 17.6 Å².